The van der Waals surface area contributed by atoms with E-state index in [1.165, 1.54) is 18.6 Å². The summed E-state index contributed by atoms with van der Waals surface area (Å²) >= 11 is 5.39. The average molecular weight is 343 g/mol. The van der Waals surface area contributed by atoms with Gasteiger partial charge in [0.25, 0.3) is 0 Å². The first-order valence-electron chi connectivity index (χ1n) is 6.48. The van der Waals surface area contributed by atoms with Gasteiger partial charge in [0.15, 0.2) is 0 Å². The Hall–Kier alpha value is -0.520. The first kappa shape index (κ1) is 14.9. The molecule has 0 radical (unpaired) electrons. The van der Waals surface area contributed by atoms with Crippen LogP contribution >= 0.6 is 27.7 Å². The van der Waals surface area contributed by atoms with E-state index in [1.807, 2.05) is 36.0 Å². The Morgan fingerprint density at radius 2 is 2.37 bits per heavy atom. The lowest BCUT2D eigenvalue weighted by Gasteiger charge is -2.22. The first-order valence-corrected chi connectivity index (χ1v) is 8.25. The van der Waals surface area contributed by atoms with Gasteiger partial charge in [0.2, 0.25) is 5.91 Å². The van der Waals surface area contributed by atoms with Gasteiger partial charge in [-0.2, -0.15) is 11.8 Å². The largest absolute Gasteiger partial charge is 0.325 e. The third kappa shape index (κ3) is 4.82. The van der Waals surface area contributed by atoms with Crippen molar-refractivity contribution in [2.75, 3.05) is 24.2 Å². The molecule has 0 bridgehead atoms. The van der Waals surface area contributed by atoms with E-state index in [2.05, 4.69) is 33.5 Å². The molecule has 0 saturated carbocycles. The van der Waals surface area contributed by atoms with Gasteiger partial charge in [0.05, 0.1) is 6.54 Å². The minimum Gasteiger partial charge on any atom is -0.325 e. The highest BCUT2D eigenvalue weighted by atomic mass is 79.9. The summed E-state index contributed by atoms with van der Waals surface area (Å²) in [5, 5.41) is 6.14. The van der Waals surface area contributed by atoms with Crippen LogP contribution in [0.5, 0.6) is 0 Å². The van der Waals surface area contributed by atoms with Crippen LogP contribution in [0.15, 0.2) is 28.7 Å². The van der Waals surface area contributed by atoms with Crippen molar-refractivity contribution in [2.45, 2.75) is 24.5 Å². The first-order chi connectivity index (χ1) is 9.07. The lowest BCUT2D eigenvalue weighted by atomic mass is 10.1. The maximum Gasteiger partial charge on any atom is 0.238 e. The molecule has 0 aromatic heterocycles. The van der Waals surface area contributed by atoms with E-state index in [0.29, 0.717) is 11.3 Å². The Morgan fingerprint density at radius 3 is 3.05 bits per heavy atom. The summed E-state index contributed by atoms with van der Waals surface area (Å²) in [6.07, 6.45) is 2.52. The van der Waals surface area contributed by atoms with Crippen molar-refractivity contribution in [3.63, 3.8) is 0 Å². The fraction of sp³-hybridized carbons (Fsp3) is 0.500. The second kappa shape index (κ2) is 6.77. The highest BCUT2D eigenvalue weighted by molar-refractivity contribution is 9.10. The van der Waals surface area contributed by atoms with Crippen LogP contribution in [-0.2, 0) is 4.79 Å². The summed E-state index contributed by atoms with van der Waals surface area (Å²) in [7, 11) is 0. The number of thioether (sulfide) groups is 1. The van der Waals surface area contributed by atoms with E-state index < -0.39 is 0 Å². The molecule has 0 aliphatic carbocycles. The van der Waals surface area contributed by atoms with Crippen LogP contribution in [0, 0.1) is 0 Å². The van der Waals surface area contributed by atoms with Crippen molar-refractivity contribution in [1.29, 1.82) is 0 Å². The third-order valence-electron chi connectivity index (χ3n) is 3.19. The Kier molecular flexibility index (Phi) is 5.30. The molecule has 1 aromatic rings. The van der Waals surface area contributed by atoms with Crippen LogP contribution in [0.4, 0.5) is 5.69 Å². The van der Waals surface area contributed by atoms with Gasteiger partial charge in [-0.3, -0.25) is 4.79 Å². The van der Waals surface area contributed by atoms with Gasteiger partial charge in [-0.15, -0.1) is 0 Å². The minimum atomic E-state index is 0.00435. The predicted molar refractivity (Wildman–Crippen MR) is 85.7 cm³/mol. The lowest BCUT2D eigenvalue weighted by Crippen LogP contribution is -2.37. The predicted octanol–water partition coefficient (Wildman–Crippen LogP) is 3.26. The topological polar surface area (TPSA) is 41.1 Å². The number of hydrogen-bond donors (Lipinski definition) is 2. The van der Waals surface area contributed by atoms with Crippen LogP contribution in [0.2, 0.25) is 0 Å². The summed E-state index contributed by atoms with van der Waals surface area (Å²) in [5.74, 6) is 1.24. The van der Waals surface area contributed by atoms with Crippen molar-refractivity contribution in [1.82, 2.24) is 5.32 Å². The molecule has 3 nitrogen and oxygen atoms in total. The number of halogens is 1. The molecule has 5 heteroatoms. The number of benzene rings is 1. The zero-order chi connectivity index (χ0) is 13.7. The van der Waals surface area contributed by atoms with Crippen molar-refractivity contribution in [3.05, 3.63) is 28.7 Å². The number of hydrogen-bond acceptors (Lipinski definition) is 3. The molecule has 1 aliphatic heterocycles. The van der Waals surface area contributed by atoms with E-state index in [9.17, 15) is 4.79 Å². The van der Waals surface area contributed by atoms with Crippen molar-refractivity contribution in [2.24, 2.45) is 0 Å². The molecule has 104 valence electrons. The molecule has 1 saturated heterocycles. The zero-order valence-corrected chi connectivity index (χ0v) is 13.4. The molecule has 1 unspecified atom stereocenters. The van der Waals surface area contributed by atoms with Crippen LogP contribution in [0.25, 0.3) is 0 Å². The van der Waals surface area contributed by atoms with E-state index in [1.54, 1.807) is 0 Å². The maximum absolute atomic E-state index is 11.8. The summed E-state index contributed by atoms with van der Waals surface area (Å²) in [5.41, 5.74) is 0.822. The number of nitrogens with one attached hydrogen (secondary N) is 2. The van der Waals surface area contributed by atoms with Crippen molar-refractivity contribution < 1.29 is 4.79 Å². The number of rotatable bonds is 5. The minimum absolute atomic E-state index is 0.00435. The molecule has 0 spiro atoms. The van der Waals surface area contributed by atoms with E-state index >= 15 is 0 Å². The fourth-order valence-electron chi connectivity index (χ4n) is 2.19. The highest BCUT2D eigenvalue weighted by Gasteiger charge is 2.28. The number of amides is 1. The Bertz CT molecular complexity index is 447. The van der Waals surface area contributed by atoms with Crippen molar-refractivity contribution in [3.8, 4) is 0 Å². The summed E-state index contributed by atoms with van der Waals surface area (Å²) in [6.45, 7) is 3.52. The van der Waals surface area contributed by atoms with E-state index in [-0.39, 0.29) is 5.91 Å². The van der Waals surface area contributed by atoms with Crippen LogP contribution in [0.1, 0.15) is 19.8 Å². The van der Waals surface area contributed by atoms with Gasteiger partial charge < -0.3 is 10.6 Å². The van der Waals surface area contributed by atoms with Gasteiger partial charge in [-0.05, 0) is 43.7 Å². The normalized spacial score (nSPS) is 22.4. The van der Waals surface area contributed by atoms with Gasteiger partial charge in [0, 0.05) is 21.5 Å². The summed E-state index contributed by atoms with van der Waals surface area (Å²) in [6, 6.07) is 7.62. The lowest BCUT2D eigenvalue weighted by molar-refractivity contribution is -0.115. The van der Waals surface area contributed by atoms with Gasteiger partial charge in [-0.1, -0.05) is 22.0 Å². The quantitative estimate of drug-likeness (QED) is 0.862. The van der Waals surface area contributed by atoms with Crippen LogP contribution < -0.4 is 10.6 Å². The zero-order valence-electron chi connectivity index (χ0n) is 11.0. The number of anilines is 1. The molecule has 2 rings (SSSR count). The molecule has 1 atom stereocenters. The average Bonchev–Trinajstić information content (AvgIpc) is 2.76. The fourth-order valence-corrected chi connectivity index (χ4v) is 3.86. The smallest absolute Gasteiger partial charge is 0.238 e. The molecule has 1 heterocycles. The molecule has 1 amide bonds. The van der Waals surface area contributed by atoms with Gasteiger partial charge >= 0.3 is 0 Å². The highest BCUT2D eigenvalue weighted by Crippen LogP contribution is 2.36. The number of carbonyl (C=O) groups is 1. The molecule has 19 heavy (non-hydrogen) atoms. The summed E-state index contributed by atoms with van der Waals surface area (Å²) in [4.78, 5) is 11.8. The molecule has 1 fully saturated rings. The van der Waals surface area contributed by atoms with Crippen LogP contribution in [0.3, 0.4) is 0 Å². The SMILES string of the molecule is CC1(CNCC(=O)Nc2cccc(Br)c2)CCCS1. The second-order valence-electron chi connectivity index (χ2n) is 5.06. The Balaban J connectivity index is 1.73. The second-order valence-corrected chi connectivity index (χ2v) is 7.66. The molecule has 1 aromatic carbocycles. The molecule has 2 N–H and O–H groups in total. The third-order valence-corrected chi connectivity index (χ3v) is 5.22. The Labute approximate surface area is 127 Å². The number of carbonyl (C=O) groups excluding carboxylic acids is 1. The molecular formula is C14H19BrN2OS. The molecular weight excluding hydrogens is 324 g/mol. The van der Waals surface area contributed by atoms with E-state index in [0.717, 1.165) is 16.7 Å². The Morgan fingerprint density at radius 1 is 1.53 bits per heavy atom. The molecule has 1 aliphatic rings. The monoisotopic (exact) mass is 342 g/mol. The van der Waals surface area contributed by atoms with Gasteiger partial charge in [0.1, 0.15) is 0 Å². The van der Waals surface area contributed by atoms with Crippen molar-refractivity contribution >= 4 is 39.3 Å². The van der Waals surface area contributed by atoms with Crippen LogP contribution in [-0.4, -0.2) is 29.5 Å². The van der Waals surface area contributed by atoms with Gasteiger partial charge in [-0.25, -0.2) is 0 Å². The summed E-state index contributed by atoms with van der Waals surface area (Å²) < 4.78 is 1.27. The standard InChI is InChI=1S/C14H19BrN2OS/c1-14(6-3-7-19-14)10-16-9-13(18)17-12-5-2-4-11(15)8-12/h2,4-5,8,16H,3,6-7,9-10H2,1H3,(H,17,18). The van der Waals surface area contributed by atoms with E-state index in [4.69, 9.17) is 0 Å². The maximum atomic E-state index is 11.8.